The molecule has 6 heterocycles. The van der Waals surface area contributed by atoms with Gasteiger partial charge in [0.05, 0.1) is 47.5 Å². The Bertz CT molecular complexity index is 2980. The number of nitrogen functional groups attached to an aromatic ring is 1. The van der Waals surface area contributed by atoms with Crippen molar-refractivity contribution in [3.8, 4) is 11.4 Å². The lowest BCUT2D eigenvalue weighted by atomic mass is 10.1. The summed E-state index contributed by atoms with van der Waals surface area (Å²) in [4.78, 5) is 40.1. The smallest absolute Gasteiger partial charge is 0.407 e. The van der Waals surface area contributed by atoms with Gasteiger partial charge in [0.25, 0.3) is 0 Å². The minimum Gasteiger partial charge on any atom is -0.444 e. The molecule has 73 heavy (non-hydrogen) atoms. The summed E-state index contributed by atoms with van der Waals surface area (Å²) in [5.74, 6) is 0.572. The van der Waals surface area contributed by atoms with Crippen molar-refractivity contribution in [1.82, 2.24) is 80.1 Å². The number of hydrogen-bond donors (Lipinski definition) is 4. The quantitative estimate of drug-likeness (QED) is 0.0355. The molecular formula is C48H61Br2ClN18O4. The van der Waals surface area contributed by atoms with Gasteiger partial charge in [0.15, 0.2) is 17.0 Å². The summed E-state index contributed by atoms with van der Waals surface area (Å²) in [6.07, 6.45) is 14.9. The summed E-state index contributed by atoms with van der Waals surface area (Å²) < 4.78 is 17.3. The predicted molar refractivity (Wildman–Crippen MR) is 288 cm³/mol. The summed E-state index contributed by atoms with van der Waals surface area (Å²) in [5.41, 5.74) is 12.6. The number of fused-ring (bicyclic) bond motifs is 2. The Balaban J connectivity index is 0.000000197. The van der Waals surface area contributed by atoms with E-state index >= 15 is 0 Å². The van der Waals surface area contributed by atoms with Crippen molar-refractivity contribution in [3.05, 3.63) is 102 Å². The van der Waals surface area contributed by atoms with Gasteiger partial charge in [0.1, 0.15) is 11.2 Å². The van der Waals surface area contributed by atoms with Gasteiger partial charge in [-0.3, -0.25) is 9.36 Å². The highest BCUT2D eigenvalue weighted by Gasteiger charge is 2.17. The number of ether oxygens (including phenoxy) is 2. The number of rotatable bonds is 18. The van der Waals surface area contributed by atoms with E-state index in [0.717, 1.165) is 79.3 Å². The number of aryl methyl sites for hydroxylation is 4. The van der Waals surface area contributed by atoms with Crippen molar-refractivity contribution in [2.24, 2.45) is 0 Å². The molecule has 22 nitrogen and oxygen atoms in total. The molecule has 8 aromatic rings. The molecule has 0 radical (unpaired) electrons. The average molecular weight is 1150 g/mol. The number of amides is 2. The summed E-state index contributed by atoms with van der Waals surface area (Å²) in [6, 6.07) is 16.2. The van der Waals surface area contributed by atoms with Gasteiger partial charge in [-0.05, 0) is 127 Å². The van der Waals surface area contributed by atoms with Crippen molar-refractivity contribution in [1.29, 1.82) is 0 Å². The Morgan fingerprint density at radius 3 is 1.73 bits per heavy atom. The normalized spacial score (nSPS) is 11.4. The zero-order valence-electron chi connectivity index (χ0n) is 41.7. The number of halogens is 3. The number of aromatic nitrogens is 14. The van der Waals surface area contributed by atoms with Crippen molar-refractivity contribution >= 4 is 95.3 Å². The van der Waals surface area contributed by atoms with Crippen LogP contribution in [0, 0.1) is 0 Å². The summed E-state index contributed by atoms with van der Waals surface area (Å²) in [5, 5.41) is 35.7. The fourth-order valence-corrected chi connectivity index (χ4v) is 7.71. The first kappa shape index (κ1) is 55.5. The van der Waals surface area contributed by atoms with E-state index in [4.69, 9.17) is 26.8 Å². The Morgan fingerprint density at radius 2 is 1.19 bits per heavy atom. The topological polar surface area (TPSA) is 263 Å². The van der Waals surface area contributed by atoms with Crippen LogP contribution in [-0.4, -0.2) is 117 Å². The molecule has 0 aliphatic carbocycles. The van der Waals surface area contributed by atoms with Crippen LogP contribution in [0.25, 0.3) is 33.8 Å². The van der Waals surface area contributed by atoms with Gasteiger partial charge in [0, 0.05) is 49.2 Å². The zero-order chi connectivity index (χ0) is 52.4. The largest absolute Gasteiger partial charge is 0.444 e. The molecule has 0 saturated heterocycles. The van der Waals surface area contributed by atoms with Gasteiger partial charge < -0.3 is 31.2 Å². The lowest BCUT2D eigenvalue weighted by Crippen LogP contribution is -2.33. The second kappa shape index (κ2) is 26.8. The van der Waals surface area contributed by atoms with E-state index in [1.807, 2.05) is 76.7 Å². The van der Waals surface area contributed by atoms with Crippen LogP contribution in [0.3, 0.4) is 0 Å². The highest BCUT2D eigenvalue weighted by atomic mass is 79.9. The summed E-state index contributed by atoms with van der Waals surface area (Å²) in [6.45, 7) is 13.7. The molecule has 2 aromatic carbocycles. The minimum absolute atomic E-state index is 0.187. The minimum atomic E-state index is -0.494. The van der Waals surface area contributed by atoms with E-state index in [-0.39, 0.29) is 11.4 Å². The van der Waals surface area contributed by atoms with Crippen LogP contribution in [0.2, 0.25) is 5.28 Å². The summed E-state index contributed by atoms with van der Waals surface area (Å²) >= 11 is 12.7. The molecule has 0 bridgehead atoms. The molecule has 388 valence electrons. The third kappa shape index (κ3) is 18.3. The van der Waals surface area contributed by atoms with Crippen LogP contribution in [0.1, 0.15) is 78.4 Å². The Hall–Kier alpha value is -6.79. The number of nitrogens with two attached hydrogens (primary N) is 1. The van der Waals surface area contributed by atoms with Crippen LogP contribution in [0.5, 0.6) is 0 Å². The fourth-order valence-electron chi connectivity index (χ4n) is 6.66. The third-order valence-corrected chi connectivity index (χ3v) is 11.0. The molecule has 0 saturated carbocycles. The first-order valence-electron chi connectivity index (χ1n) is 23.6. The van der Waals surface area contributed by atoms with Gasteiger partial charge in [-0.1, -0.05) is 66.6 Å². The molecule has 25 heteroatoms. The molecule has 0 spiro atoms. The van der Waals surface area contributed by atoms with Gasteiger partial charge in [0.2, 0.25) is 16.6 Å². The maximum Gasteiger partial charge on any atom is 0.407 e. The average Bonchev–Trinajstić information content (AvgIpc) is 4.16. The Kier molecular flexibility index (Phi) is 20.4. The lowest BCUT2D eigenvalue weighted by Gasteiger charge is -2.19. The second-order valence-electron chi connectivity index (χ2n) is 18.4. The van der Waals surface area contributed by atoms with E-state index in [0.29, 0.717) is 47.1 Å². The van der Waals surface area contributed by atoms with Crippen molar-refractivity contribution in [2.75, 3.05) is 34.8 Å². The number of nitrogens with zero attached hydrogens (tertiary/aromatic N) is 14. The fraction of sp³-hybridized carbons (Fsp3) is 0.417. The Morgan fingerprint density at radius 1 is 0.658 bits per heavy atom. The van der Waals surface area contributed by atoms with Gasteiger partial charge >= 0.3 is 12.2 Å². The van der Waals surface area contributed by atoms with Crippen molar-refractivity contribution < 1.29 is 19.1 Å². The van der Waals surface area contributed by atoms with Gasteiger partial charge in [-0.15, -0.1) is 10.2 Å². The molecular weight excluding hydrogens is 1090 g/mol. The number of anilines is 3. The molecule has 0 atom stereocenters. The monoisotopic (exact) mass is 1150 g/mol. The van der Waals surface area contributed by atoms with Gasteiger partial charge in [-0.2, -0.15) is 24.5 Å². The van der Waals surface area contributed by atoms with E-state index in [1.54, 1.807) is 45.0 Å². The maximum atomic E-state index is 11.7. The number of nitrogens with one attached hydrogen (secondary N) is 3. The predicted octanol–water partition coefficient (Wildman–Crippen LogP) is 8.96. The first-order chi connectivity index (χ1) is 34.9. The van der Waals surface area contributed by atoms with Crippen molar-refractivity contribution in [3.63, 3.8) is 0 Å². The number of hydrogen-bond acceptors (Lipinski definition) is 16. The molecule has 0 fully saturated rings. The highest BCUT2D eigenvalue weighted by molar-refractivity contribution is 9.09. The van der Waals surface area contributed by atoms with E-state index < -0.39 is 17.3 Å². The standard InChI is InChI=1S/C24H30BrN9O2.C12H9BrClN5.C12H22N4O2/c1-24(2,3)36-23(35)26-12-4-5-13-33-16-18(14-28-33)29-20-15-27-21-22(30-20)34(32-31-21)19-8-6-17(7-9-19)10-11-25;13-6-5-8-1-3-9(4-2-8)19-11-10(17-18-19)7-15-12(14)16-11;1-12(2,3)18-11(17)14-6-4-5-7-16-9-10(13)8-15-16/h6-9,14-16H,4-5,10-13H2,1-3H3,(H,26,35)(H,29,30);1-4,7H,5-6H2;8-9H,4-7,13H2,1-3H3,(H,14,17). The van der Waals surface area contributed by atoms with Crippen molar-refractivity contribution in [2.45, 2.75) is 104 Å². The maximum absolute atomic E-state index is 11.7. The molecule has 2 amide bonds. The second-order valence-corrected chi connectivity index (χ2v) is 20.3. The lowest BCUT2D eigenvalue weighted by molar-refractivity contribution is 0.0515. The van der Waals surface area contributed by atoms with Crippen LogP contribution >= 0.6 is 43.5 Å². The van der Waals surface area contributed by atoms with Crippen LogP contribution in [-0.2, 0) is 35.4 Å². The van der Waals surface area contributed by atoms with Gasteiger partial charge in [-0.25, -0.2) is 24.5 Å². The molecule has 0 aliphatic heterocycles. The SMILES string of the molecule is CC(C)(C)OC(=O)NCCCCn1cc(N)cn1.CC(C)(C)OC(=O)NCCCCn1cc(Nc2cnc3nnn(-c4ccc(CCBr)cc4)c3n2)cn1.Clc1ncc2nnn(-c3ccc(CCBr)cc3)c2n1. The highest BCUT2D eigenvalue weighted by Crippen LogP contribution is 2.20. The molecule has 5 N–H and O–H groups in total. The van der Waals surface area contributed by atoms with Crippen LogP contribution in [0.15, 0.2) is 85.7 Å². The summed E-state index contributed by atoms with van der Waals surface area (Å²) in [7, 11) is 0. The number of benzene rings is 2. The van der Waals surface area contributed by atoms with Crippen LogP contribution in [0.4, 0.5) is 26.8 Å². The van der Waals surface area contributed by atoms with E-state index in [2.05, 4.69) is 123 Å². The Labute approximate surface area is 444 Å². The molecule has 6 aromatic heterocycles. The molecule has 0 aliphatic rings. The number of carbonyl (C=O) groups is 2. The third-order valence-electron chi connectivity index (χ3n) is 9.98. The molecule has 8 rings (SSSR count). The molecule has 0 unspecified atom stereocenters. The zero-order valence-corrected chi connectivity index (χ0v) is 45.6. The number of carbonyl (C=O) groups excluding carboxylic acids is 2. The van der Waals surface area contributed by atoms with E-state index in [1.165, 1.54) is 11.1 Å². The number of unbranched alkanes of at least 4 members (excludes halogenated alkanes) is 2. The number of alkyl carbamates (subject to hydrolysis) is 2. The number of alkyl halides is 2. The van der Waals surface area contributed by atoms with Crippen LogP contribution < -0.4 is 21.7 Å². The van der Waals surface area contributed by atoms with E-state index in [9.17, 15) is 9.59 Å². The first-order valence-corrected chi connectivity index (χ1v) is 26.2.